The first-order valence-corrected chi connectivity index (χ1v) is 8.36. The van der Waals surface area contributed by atoms with Gasteiger partial charge in [0.05, 0.1) is 18.7 Å². The maximum Gasteiger partial charge on any atom is 0.511 e. The molecule has 1 aromatic heterocycles. The van der Waals surface area contributed by atoms with Crippen LogP contribution in [0.4, 0.5) is 4.79 Å². The molecule has 0 saturated carbocycles. The molecular formula is C19H18ClNO4. The SMILES string of the molecule is CCCOc1ccc(Cl)cc1Cn1ccc2c(OC(=O)O)cccc21. The van der Waals surface area contributed by atoms with Crippen LogP contribution in [-0.2, 0) is 6.54 Å². The van der Waals surface area contributed by atoms with Crippen LogP contribution in [0.1, 0.15) is 18.9 Å². The van der Waals surface area contributed by atoms with Crippen LogP contribution < -0.4 is 9.47 Å². The quantitative estimate of drug-likeness (QED) is 0.486. The summed E-state index contributed by atoms with van der Waals surface area (Å²) in [7, 11) is 0. The molecular weight excluding hydrogens is 342 g/mol. The molecule has 130 valence electrons. The second-order valence-corrected chi connectivity index (χ2v) is 6.04. The van der Waals surface area contributed by atoms with Gasteiger partial charge >= 0.3 is 6.16 Å². The Labute approximate surface area is 150 Å². The summed E-state index contributed by atoms with van der Waals surface area (Å²) in [4.78, 5) is 10.8. The van der Waals surface area contributed by atoms with Crippen LogP contribution >= 0.6 is 11.6 Å². The van der Waals surface area contributed by atoms with E-state index in [-0.39, 0.29) is 0 Å². The molecule has 0 fully saturated rings. The molecule has 5 nitrogen and oxygen atoms in total. The number of ether oxygens (including phenoxy) is 2. The number of hydrogen-bond acceptors (Lipinski definition) is 3. The van der Waals surface area contributed by atoms with Gasteiger partial charge in [0, 0.05) is 22.2 Å². The van der Waals surface area contributed by atoms with Gasteiger partial charge in [0.15, 0.2) is 0 Å². The van der Waals surface area contributed by atoms with Gasteiger partial charge in [0.25, 0.3) is 0 Å². The van der Waals surface area contributed by atoms with Crippen molar-refractivity contribution in [3.63, 3.8) is 0 Å². The zero-order valence-electron chi connectivity index (χ0n) is 13.7. The van der Waals surface area contributed by atoms with Gasteiger partial charge < -0.3 is 19.1 Å². The Kier molecular flexibility index (Phi) is 5.14. The smallest absolute Gasteiger partial charge is 0.493 e. The molecule has 3 aromatic rings. The second kappa shape index (κ2) is 7.49. The summed E-state index contributed by atoms with van der Waals surface area (Å²) in [5.41, 5.74) is 1.84. The fourth-order valence-electron chi connectivity index (χ4n) is 2.72. The Bertz CT molecular complexity index is 904. The predicted molar refractivity (Wildman–Crippen MR) is 96.9 cm³/mol. The number of carboxylic acid groups (broad SMARTS) is 1. The van der Waals surface area contributed by atoms with Gasteiger partial charge in [-0.3, -0.25) is 0 Å². The van der Waals surface area contributed by atoms with Crippen LogP contribution in [0, 0.1) is 0 Å². The molecule has 0 aliphatic rings. The Balaban J connectivity index is 1.96. The highest BCUT2D eigenvalue weighted by atomic mass is 35.5. The van der Waals surface area contributed by atoms with Crippen molar-refractivity contribution < 1.29 is 19.4 Å². The van der Waals surface area contributed by atoms with Crippen molar-refractivity contribution in [3.8, 4) is 11.5 Å². The molecule has 0 unspecified atom stereocenters. The van der Waals surface area contributed by atoms with Gasteiger partial charge in [0.2, 0.25) is 0 Å². The number of aromatic nitrogens is 1. The summed E-state index contributed by atoms with van der Waals surface area (Å²) in [6, 6.07) is 12.7. The number of halogens is 1. The summed E-state index contributed by atoms with van der Waals surface area (Å²) < 4.78 is 12.7. The minimum absolute atomic E-state index is 0.317. The maximum absolute atomic E-state index is 10.8. The monoisotopic (exact) mass is 359 g/mol. The van der Waals surface area contributed by atoms with E-state index in [1.807, 2.05) is 41.1 Å². The molecule has 3 rings (SSSR count). The topological polar surface area (TPSA) is 60.7 Å². The van der Waals surface area contributed by atoms with E-state index in [4.69, 9.17) is 26.2 Å². The van der Waals surface area contributed by atoms with Crippen LogP contribution in [0.2, 0.25) is 5.02 Å². The van der Waals surface area contributed by atoms with Crippen molar-refractivity contribution in [1.29, 1.82) is 0 Å². The third kappa shape index (κ3) is 3.88. The minimum Gasteiger partial charge on any atom is -0.493 e. The molecule has 0 aliphatic heterocycles. The van der Waals surface area contributed by atoms with Gasteiger partial charge in [-0.15, -0.1) is 0 Å². The zero-order valence-corrected chi connectivity index (χ0v) is 14.5. The highest BCUT2D eigenvalue weighted by Crippen LogP contribution is 2.29. The Hall–Kier alpha value is -2.66. The van der Waals surface area contributed by atoms with Crippen molar-refractivity contribution in [1.82, 2.24) is 4.57 Å². The Morgan fingerprint density at radius 1 is 1.20 bits per heavy atom. The molecule has 0 aliphatic carbocycles. The normalized spacial score (nSPS) is 10.8. The first-order chi connectivity index (χ1) is 12.1. The van der Waals surface area contributed by atoms with Gasteiger partial charge in [-0.25, -0.2) is 4.79 Å². The van der Waals surface area contributed by atoms with Crippen molar-refractivity contribution >= 4 is 28.7 Å². The lowest BCUT2D eigenvalue weighted by Crippen LogP contribution is -2.04. The van der Waals surface area contributed by atoms with E-state index in [1.54, 1.807) is 12.1 Å². The third-order valence-electron chi connectivity index (χ3n) is 3.80. The molecule has 1 heterocycles. The predicted octanol–water partition coefficient (Wildman–Crippen LogP) is 5.19. The average molecular weight is 360 g/mol. The van der Waals surface area contributed by atoms with Crippen molar-refractivity contribution in [3.05, 3.63) is 59.2 Å². The molecule has 2 aromatic carbocycles. The lowest BCUT2D eigenvalue weighted by atomic mass is 10.2. The van der Waals surface area contributed by atoms with Gasteiger partial charge in [-0.1, -0.05) is 24.6 Å². The van der Waals surface area contributed by atoms with Crippen LogP contribution in [0.25, 0.3) is 10.9 Å². The number of fused-ring (bicyclic) bond motifs is 1. The zero-order chi connectivity index (χ0) is 17.8. The fraction of sp³-hybridized carbons (Fsp3) is 0.211. The molecule has 6 heteroatoms. The first kappa shape index (κ1) is 17.2. The third-order valence-corrected chi connectivity index (χ3v) is 4.03. The van der Waals surface area contributed by atoms with E-state index in [0.717, 1.165) is 28.6 Å². The maximum atomic E-state index is 10.8. The van der Waals surface area contributed by atoms with E-state index in [9.17, 15) is 4.79 Å². The summed E-state index contributed by atoms with van der Waals surface area (Å²) in [5.74, 6) is 1.11. The molecule has 25 heavy (non-hydrogen) atoms. The van der Waals surface area contributed by atoms with Crippen LogP contribution in [0.5, 0.6) is 11.5 Å². The lowest BCUT2D eigenvalue weighted by Gasteiger charge is -2.13. The first-order valence-electron chi connectivity index (χ1n) is 7.98. The molecule has 0 bridgehead atoms. The van der Waals surface area contributed by atoms with E-state index < -0.39 is 6.16 Å². The average Bonchev–Trinajstić information content (AvgIpc) is 2.98. The number of carbonyl (C=O) groups is 1. The van der Waals surface area contributed by atoms with Crippen LogP contribution in [0.3, 0.4) is 0 Å². The van der Waals surface area contributed by atoms with Gasteiger partial charge in [-0.05, 0) is 42.8 Å². The molecule has 1 N–H and O–H groups in total. The van der Waals surface area contributed by atoms with Gasteiger partial charge in [-0.2, -0.15) is 0 Å². The summed E-state index contributed by atoms with van der Waals surface area (Å²) in [5, 5.41) is 10.2. The largest absolute Gasteiger partial charge is 0.511 e. The van der Waals surface area contributed by atoms with E-state index >= 15 is 0 Å². The molecule has 0 radical (unpaired) electrons. The summed E-state index contributed by atoms with van der Waals surface area (Å²) in [6.07, 6.45) is 1.49. The van der Waals surface area contributed by atoms with Crippen molar-refractivity contribution in [2.24, 2.45) is 0 Å². The highest BCUT2D eigenvalue weighted by Gasteiger charge is 2.12. The number of hydrogen-bond donors (Lipinski definition) is 1. The standard InChI is InChI=1S/C19H18ClNO4/c1-2-10-24-17-7-6-14(20)11-13(17)12-21-9-8-15-16(21)4-3-5-18(15)25-19(22)23/h3-9,11H,2,10,12H2,1H3,(H,22,23). The van der Waals surface area contributed by atoms with E-state index in [0.29, 0.717) is 23.9 Å². The highest BCUT2D eigenvalue weighted by molar-refractivity contribution is 6.30. The van der Waals surface area contributed by atoms with Crippen molar-refractivity contribution in [2.75, 3.05) is 6.61 Å². The summed E-state index contributed by atoms with van der Waals surface area (Å²) in [6.45, 7) is 3.25. The lowest BCUT2D eigenvalue weighted by molar-refractivity contribution is 0.145. The summed E-state index contributed by atoms with van der Waals surface area (Å²) >= 11 is 6.14. The van der Waals surface area contributed by atoms with Gasteiger partial charge in [0.1, 0.15) is 11.5 Å². The molecule has 0 atom stereocenters. The van der Waals surface area contributed by atoms with E-state index in [1.165, 1.54) is 0 Å². The van der Waals surface area contributed by atoms with Crippen LogP contribution in [0.15, 0.2) is 48.7 Å². The second-order valence-electron chi connectivity index (χ2n) is 5.60. The molecule has 0 saturated heterocycles. The minimum atomic E-state index is -1.33. The van der Waals surface area contributed by atoms with Crippen molar-refractivity contribution in [2.45, 2.75) is 19.9 Å². The molecule has 0 spiro atoms. The fourth-order valence-corrected chi connectivity index (χ4v) is 2.92. The van der Waals surface area contributed by atoms with Crippen LogP contribution in [-0.4, -0.2) is 22.4 Å². The number of rotatable bonds is 6. The Morgan fingerprint density at radius 2 is 2.04 bits per heavy atom. The number of nitrogens with zero attached hydrogens (tertiary/aromatic N) is 1. The Morgan fingerprint density at radius 3 is 2.80 bits per heavy atom. The van der Waals surface area contributed by atoms with E-state index in [2.05, 4.69) is 6.92 Å². The number of benzene rings is 2. The molecule has 0 amide bonds.